The molecule has 2 atom stereocenters. The number of hydrogen-bond acceptors (Lipinski definition) is 4. The fourth-order valence-corrected chi connectivity index (χ4v) is 3.44. The van der Waals surface area contributed by atoms with E-state index in [-0.39, 0.29) is 5.82 Å². The van der Waals surface area contributed by atoms with Crippen LogP contribution >= 0.6 is 0 Å². The van der Waals surface area contributed by atoms with Gasteiger partial charge < -0.3 is 15.1 Å². The van der Waals surface area contributed by atoms with Gasteiger partial charge in [-0.2, -0.15) is 0 Å². The van der Waals surface area contributed by atoms with Gasteiger partial charge in [-0.25, -0.2) is 9.37 Å². The van der Waals surface area contributed by atoms with Crippen molar-refractivity contribution in [3.8, 4) is 11.5 Å². The van der Waals surface area contributed by atoms with Crippen LogP contribution in [0.5, 0.6) is 0 Å². The quantitative estimate of drug-likeness (QED) is 0.589. The van der Waals surface area contributed by atoms with Gasteiger partial charge in [-0.3, -0.25) is 9.89 Å². The third-order valence-corrected chi connectivity index (χ3v) is 5.23. The van der Waals surface area contributed by atoms with Crippen molar-refractivity contribution >= 4 is 5.96 Å². The molecule has 2 aromatic rings. The molecule has 152 valence electrons. The minimum atomic E-state index is -0.272. The smallest absolute Gasteiger partial charge is 0.226 e. The Balaban J connectivity index is 1.48. The minimum absolute atomic E-state index is 0.272. The highest BCUT2D eigenvalue weighted by atomic mass is 19.1. The van der Waals surface area contributed by atoms with Crippen LogP contribution < -0.4 is 10.6 Å². The molecule has 1 aliphatic rings. The maximum Gasteiger partial charge on any atom is 0.226 e. The van der Waals surface area contributed by atoms with E-state index >= 15 is 0 Å². The second-order valence-electron chi connectivity index (χ2n) is 7.68. The Hall–Kier alpha value is -2.41. The van der Waals surface area contributed by atoms with E-state index in [2.05, 4.69) is 46.3 Å². The van der Waals surface area contributed by atoms with Crippen LogP contribution in [0.3, 0.4) is 0 Å². The summed E-state index contributed by atoms with van der Waals surface area (Å²) in [6.45, 7) is 9.59. The Morgan fingerprint density at radius 2 is 2.07 bits per heavy atom. The van der Waals surface area contributed by atoms with Gasteiger partial charge in [0.05, 0.1) is 5.69 Å². The van der Waals surface area contributed by atoms with Crippen LogP contribution in [0, 0.1) is 11.7 Å². The van der Waals surface area contributed by atoms with Crippen molar-refractivity contribution in [1.82, 2.24) is 20.5 Å². The van der Waals surface area contributed by atoms with Crippen molar-refractivity contribution in [3.05, 3.63) is 42.0 Å². The van der Waals surface area contributed by atoms with Gasteiger partial charge in [0, 0.05) is 50.7 Å². The zero-order valence-corrected chi connectivity index (χ0v) is 17.1. The SMILES string of the molecule is CN=C(NCCc1coc(-c2ccc(F)cc2)n1)NC1CN(C(C)C)CC1C. The summed E-state index contributed by atoms with van der Waals surface area (Å²) in [5.41, 5.74) is 1.62. The van der Waals surface area contributed by atoms with Crippen molar-refractivity contribution in [2.75, 3.05) is 26.7 Å². The lowest BCUT2D eigenvalue weighted by Crippen LogP contribution is -2.47. The predicted octanol–water partition coefficient (Wildman–Crippen LogP) is 2.92. The largest absolute Gasteiger partial charge is 0.444 e. The van der Waals surface area contributed by atoms with Crippen molar-refractivity contribution in [2.45, 2.75) is 39.3 Å². The highest BCUT2D eigenvalue weighted by Crippen LogP contribution is 2.19. The van der Waals surface area contributed by atoms with Gasteiger partial charge in [0.25, 0.3) is 0 Å². The summed E-state index contributed by atoms with van der Waals surface area (Å²) in [4.78, 5) is 11.3. The number of aromatic nitrogens is 1. The summed E-state index contributed by atoms with van der Waals surface area (Å²) >= 11 is 0. The average Bonchev–Trinajstić information content (AvgIpc) is 3.29. The lowest BCUT2D eigenvalue weighted by molar-refractivity contribution is 0.265. The maximum atomic E-state index is 13.0. The van der Waals surface area contributed by atoms with Gasteiger partial charge in [-0.15, -0.1) is 0 Å². The summed E-state index contributed by atoms with van der Waals surface area (Å²) in [6.07, 6.45) is 2.36. The molecule has 2 N–H and O–H groups in total. The molecule has 0 bridgehead atoms. The van der Waals surface area contributed by atoms with E-state index in [0.717, 1.165) is 30.3 Å². The van der Waals surface area contributed by atoms with Gasteiger partial charge >= 0.3 is 0 Å². The molecule has 2 unspecified atom stereocenters. The van der Waals surface area contributed by atoms with Gasteiger partial charge in [0.1, 0.15) is 12.1 Å². The van der Waals surface area contributed by atoms with E-state index < -0.39 is 0 Å². The van der Waals surface area contributed by atoms with E-state index in [1.165, 1.54) is 12.1 Å². The monoisotopic (exact) mass is 387 g/mol. The van der Waals surface area contributed by atoms with Crippen LogP contribution in [0.25, 0.3) is 11.5 Å². The molecule has 0 saturated carbocycles. The fraction of sp³-hybridized carbons (Fsp3) is 0.524. The number of nitrogens with zero attached hydrogens (tertiary/aromatic N) is 3. The fourth-order valence-electron chi connectivity index (χ4n) is 3.44. The van der Waals surface area contributed by atoms with Crippen molar-refractivity contribution in [3.63, 3.8) is 0 Å². The standard InChI is InChI=1S/C21H30FN5O/c1-14(2)27-11-15(3)19(12-27)26-21(23-4)24-10-9-18-13-28-20(25-18)16-5-7-17(22)8-6-16/h5-8,13-15,19H,9-12H2,1-4H3,(H2,23,24,26). The van der Waals surface area contributed by atoms with Crippen molar-refractivity contribution in [2.24, 2.45) is 10.9 Å². The van der Waals surface area contributed by atoms with Crippen LogP contribution in [0.2, 0.25) is 0 Å². The lowest BCUT2D eigenvalue weighted by Gasteiger charge is -2.21. The molecule has 6 nitrogen and oxygen atoms in total. The second-order valence-corrected chi connectivity index (χ2v) is 7.68. The Labute approximate surface area is 166 Å². The van der Waals surface area contributed by atoms with E-state index in [4.69, 9.17) is 4.42 Å². The molecule has 2 heterocycles. The molecular formula is C21H30FN5O. The third-order valence-electron chi connectivity index (χ3n) is 5.23. The Morgan fingerprint density at radius 1 is 1.32 bits per heavy atom. The number of guanidine groups is 1. The predicted molar refractivity (Wildman–Crippen MR) is 110 cm³/mol. The number of nitrogens with one attached hydrogen (secondary N) is 2. The molecule has 0 radical (unpaired) electrons. The zero-order valence-electron chi connectivity index (χ0n) is 17.1. The first-order chi connectivity index (χ1) is 13.5. The van der Waals surface area contributed by atoms with E-state index in [9.17, 15) is 4.39 Å². The average molecular weight is 388 g/mol. The first-order valence-electron chi connectivity index (χ1n) is 9.88. The molecule has 0 spiro atoms. The number of aliphatic imine (C=N–C) groups is 1. The normalized spacial score (nSPS) is 20.7. The first-order valence-corrected chi connectivity index (χ1v) is 9.88. The van der Waals surface area contributed by atoms with Crippen LogP contribution in [0.15, 0.2) is 39.9 Å². The highest BCUT2D eigenvalue weighted by Gasteiger charge is 2.31. The van der Waals surface area contributed by atoms with Gasteiger partial charge in [0.2, 0.25) is 5.89 Å². The van der Waals surface area contributed by atoms with Crippen molar-refractivity contribution < 1.29 is 8.81 Å². The Bertz CT molecular complexity index is 786. The van der Waals surface area contributed by atoms with Crippen molar-refractivity contribution in [1.29, 1.82) is 0 Å². The number of hydrogen-bond donors (Lipinski definition) is 2. The number of halogens is 1. The number of benzene rings is 1. The zero-order chi connectivity index (χ0) is 20.1. The molecule has 1 saturated heterocycles. The molecule has 1 aromatic heterocycles. The Kier molecular flexibility index (Phi) is 6.67. The van der Waals surface area contributed by atoms with Crippen LogP contribution in [0.4, 0.5) is 4.39 Å². The molecule has 1 fully saturated rings. The van der Waals surface area contributed by atoms with E-state index in [1.54, 1.807) is 25.4 Å². The minimum Gasteiger partial charge on any atom is -0.444 e. The summed E-state index contributed by atoms with van der Waals surface area (Å²) < 4.78 is 18.6. The molecule has 7 heteroatoms. The third kappa shape index (κ3) is 5.10. The topological polar surface area (TPSA) is 65.7 Å². The van der Waals surface area contributed by atoms with Gasteiger partial charge in [-0.1, -0.05) is 6.92 Å². The second kappa shape index (κ2) is 9.19. The summed E-state index contributed by atoms with van der Waals surface area (Å²) in [5, 5.41) is 6.90. The van der Waals surface area contributed by atoms with Crippen LogP contribution in [-0.2, 0) is 6.42 Å². The molecule has 0 amide bonds. The molecule has 1 aliphatic heterocycles. The molecule has 0 aliphatic carbocycles. The van der Waals surface area contributed by atoms with Gasteiger partial charge in [-0.05, 0) is 44.0 Å². The molecule has 3 rings (SSSR count). The lowest BCUT2D eigenvalue weighted by atomic mass is 10.1. The first kappa shape index (κ1) is 20.3. The summed E-state index contributed by atoms with van der Waals surface area (Å²) in [5.74, 6) is 1.62. The number of oxazole rings is 1. The maximum absolute atomic E-state index is 13.0. The van der Waals surface area contributed by atoms with E-state index in [1.807, 2.05) is 0 Å². The molecular weight excluding hydrogens is 357 g/mol. The summed E-state index contributed by atoms with van der Waals surface area (Å²) in [6, 6.07) is 7.09. The number of likely N-dealkylation sites (tertiary alicyclic amines) is 1. The van der Waals surface area contributed by atoms with Gasteiger partial charge in [0.15, 0.2) is 5.96 Å². The Morgan fingerprint density at radius 3 is 2.71 bits per heavy atom. The van der Waals surface area contributed by atoms with Crippen LogP contribution in [-0.4, -0.2) is 54.6 Å². The summed E-state index contributed by atoms with van der Waals surface area (Å²) in [7, 11) is 1.79. The van der Waals surface area contributed by atoms with Crippen LogP contribution in [0.1, 0.15) is 26.5 Å². The number of rotatable bonds is 6. The highest BCUT2D eigenvalue weighted by molar-refractivity contribution is 5.80. The van der Waals surface area contributed by atoms with E-state index in [0.29, 0.717) is 36.9 Å². The molecule has 28 heavy (non-hydrogen) atoms. The molecule has 1 aromatic carbocycles.